The second-order valence-corrected chi connectivity index (χ2v) is 6.25. The summed E-state index contributed by atoms with van der Waals surface area (Å²) in [6.07, 6.45) is 0. The zero-order valence-corrected chi connectivity index (χ0v) is 12.7. The highest BCUT2D eigenvalue weighted by Gasteiger charge is 2.19. The Morgan fingerprint density at radius 3 is 2.65 bits per heavy atom. The monoisotopic (exact) mass is 330 g/mol. The Labute approximate surface area is 119 Å². The van der Waals surface area contributed by atoms with Crippen LogP contribution in [0, 0.1) is 6.92 Å². The lowest BCUT2D eigenvalue weighted by atomic mass is 10.1. The van der Waals surface area contributed by atoms with Crippen molar-refractivity contribution in [3.63, 3.8) is 0 Å². The number of thiophene rings is 1. The van der Waals surface area contributed by atoms with Crippen LogP contribution in [0.4, 0.5) is 0 Å². The fourth-order valence-electron chi connectivity index (χ4n) is 1.69. The molecular formula is C13H12BrClOS. The highest BCUT2D eigenvalue weighted by molar-refractivity contribution is 9.10. The molecule has 0 saturated carbocycles. The van der Waals surface area contributed by atoms with Crippen molar-refractivity contribution in [1.82, 2.24) is 0 Å². The third-order valence-electron chi connectivity index (χ3n) is 2.48. The average molecular weight is 332 g/mol. The van der Waals surface area contributed by atoms with E-state index >= 15 is 0 Å². The van der Waals surface area contributed by atoms with Crippen molar-refractivity contribution >= 4 is 38.9 Å². The van der Waals surface area contributed by atoms with Gasteiger partial charge in [0.05, 0.1) is 12.5 Å². The van der Waals surface area contributed by atoms with Gasteiger partial charge in [-0.1, -0.05) is 18.2 Å². The number of halogens is 2. The highest BCUT2D eigenvalue weighted by atomic mass is 79.9. The van der Waals surface area contributed by atoms with E-state index in [1.165, 1.54) is 4.88 Å². The van der Waals surface area contributed by atoms with Gasteiger partial charge in [0.25, 0.3) is 0 Å². The molecule has 1 unspecified atom stereocenters. The minimum absolute atomic E-state index is 0.181. The first kappa shape index (κ1) is 12.9. The number of ether oxygens (including phenoxy) is 1. The van der Waals surface area contributed by atoms with Crippen LogP contribution in [0.1, 0.15) is 20.7 Å². The molecule has 0 spiro atoms. The molecule has 0 aliphatic rings. The first-order valence-corrected chi connectivity index (χ1v) is 7.21. The zero-order valence-electron chi connectivity index (χ0n) is 9.54. The van der Waals surface area contributed by atoms with Crippen LogP contribution < -0.4 is 4.74 Å². The van der Waals surface area contributed by atoms with E-state index in [2.05, 4.69) is 28.9 Å². The molecule has 1 aromatic heterocycles. The number of rotatable bonds is 3. The summed E-state index contributed by atoms with van der Waals surface area (Å²) in [6.45, 7) is 2.07. The van der Waals surface area contributed by atoms with Crippen LogP contribution >= 0.6 is 38.9 Å². The molecule has 1 nitrogen and oxygen atoms in total. The summed E-state index contributed by atoms with van der Waals surface area (Å²) in [5, 5.41) is -0.181. The van der Waals surface area contributed by atoms with Crippen molar-refractivity contribution in [2.45, 2.75) is 12.3 Å². The molecule has 1 heterocycles. The Kier molecular flexibility index (Phi) is 4.13. The third-order valence-corrected chi connectivity index (χ3v) is 5.10. The van der Waals surface area contributed by atoms with Gasteiger partial charge in [-0.2, -0.15) is 0 Å². The van der Waals surface area contributed by atoms with Crippen LogP contribution in [0.2, 0.25) is 0 Å². The van der Waals surface area contributed by atoms with Crippen LogP contribution in [0.25, 0.3) is 0 Å². The number of alkyl halides is 1. The number of methoxy groups -OCH3 is 1. The normalized spacial score (nSPS) is 12.5. The van der Waals surface area contributed by atoms with Gasteiger partial charge in [0.1, 0.15) is 5.75 Å². The van der Waals surface area contributed by atoms with Crippen molar-refractivity contribution in [3.8, 4) is 5.75 Å². The van der Waals surface area contributed by atoms with Gasteiger partial charge in [-0.3, -0.25) is 0 Å². The topological polar surface area (TPSA) is 9.23 Å². The largest absolute Gasteiger partial charge is 0.496 e. The number of aryl methyl sites for hydroxylation is 1. The molecule has 1 atom stereocenters. The quantitative estimate of drug-likeness (QED) is 0.706. The lowest BCUT2D eigenvalue weighted by molar-refractivity contribution is 0.410. The molecule has 90 valence electrons. The van der Waals surface area contributed by atoms with Gasteiger partial charge in [-0.15, -0.1) is 22.9 Å². The Bertz CT molecular complexity index is 524. The molecule has 2 aromatic rings. The summed E-state index contributed by atoms with van der Waals surface area (Å²) in [4.78, 5) is 2.36. The second-order valence-electron chi connectivity index (χ2n) is 3.67. The van der Waals surface area contributed by atoms with Gasteiger partial charge in [0.15, 0.2) is 0 Å². The summed E-state index contributed by atoms with van der Waals surface area (Å²) in [6, 6.07) is 9.93. The van der Waals surface area contributed by atoms with Crippen LogP contribution in [0.3, 0.4) is 0 Å². The summed E-state index contributed by atoms with van der Waals surface area (Å²) < 4.78 is 6.40. The predicted octanol–water partition coefficient (Wildman–Crippen LogP) is 5.16. The number of hydrogen-bond acceptors (Lipinski definition) is 2. The van der Waals surface area contributed by atoms with Crippen molar-refractivity contribution in [2.75, 3.05) is 7.11 Å². The van der Waals surface area contributed by atoms with Crippen LogP contribution in [-0.2, 0) is 0 Å². The van der Waals surface area contributed by atoms with E-state index in [0.717, 1.165) is 20.7 Å². The number of benzene rings is 1. The Balaban J connectivity index is 2.43. The van der Waals surface area contributed by atoms with E-state index in [-0.39, 0.29) is 5.38 Å². The fraction of sp³-hybridized carbons (Fsp3) is 0.231. The molecule has 1 aromatic carbocycles. The maximum absolute atomic E-state index is 6.53. The van der Waals surface area contributed by atoms with Crippen LogP contribution in [-0.4, -0.2) is 7.11 Å². The smallest absolute Gasteiger partial charge is 0.123 e. The van der Waals surface area contributed by atoms with E-state index in [1.54, 1.807) is 18.4 Å². The van der Waals surface area contributed by atoms with Crippen LogP contribution in [0.5, 0.6) is 5.75 Å². The minimum atomic E-state index is -0.181. The van der Waals surface area contributed by atoms with Crippen molar-refractivity contribution in [2.24, 2.45) is 0 Å². The second kappa shape index (κ2) is 5.42. The van der Waals surface area contributed by atoms with Gasteiger partial charge in [-0.05, 0) is 35.0 Å². The molecule has 2 rings (SSSR count). The van der Waals surface area contributed by atoms with Gasteiger partial charge < -0.3 is 4.74 Å². The van der Waals surface area contributed by atoms with E-state index in [0.29, 0.717) is 0 Å². The molecule has 0 aliphatic heterocycles. The maximum Gasteiger partial charge on any atom is 0.123 e. The summed E-state index contributed by atoms with van der Waals surface area (Å²) >= 11 is 11.8. The standard InChI is InChI=1S/C13H12BrClOS/c1-8-7-10(14)13(17-8)12(15)9-5-3-4-6-11(9)16-2/h3-7,12H,1-2H3. The van der Waals surface area contributed by atoms with E-state index in [9.17, 15) is 0 Å². The molecule has 4 heteroatoms. The molecule has 0 aliphatic carbocycles. The van der Waals surface area contributed by atoms with E-state index in [1.807, 2.05) is 24.3 Å². The van der Waals surface area contributed by atoms with Crippen molar-refractivity contribution in [3.05, 3.63) is 50.1 Å². The van der Waals surface area contributed by atoms with Crippen LogP contribution in [0.15, 0.2) is 34.8 Å². The van der Waals surface area contributed by atoms with E-state index < -0.39 is 0 Å². The Hall–Kier alpha value is -0.510. The first-order valence-electron chi connectivity index (χ1n) is 5.16. The van der Waals surface area contributed by atoms with E-state index in [4.69, 9.17) is 16.3 Å². The molecule has 0 radical (unpaired) electrons. The van der Waals surface area contributed by atoms with Crippen molar-refractivity contribution < 1.29 is 4.74 Å². The summed E-state index contributed by atoms with van der Waals surface area (Å²) in [5.74, 6) is 0.824. The Morgan fingerprint density at radius 2 is 2.06 bits per heavy atom. The van der Waals surface area contributed by atoms with Gasteiger partial charge in [-0.25, -0.2) is 0 Å². The van der Waals surface area contributed by atoms with Crippen molar-refractivity contribution in [1.29, 1.82) is 0 Å². The molecule has 0 amide bonds. The zero-order chi connectivity index (χ0) is 12.4. The first-order chi connectivity index (χ1) is 8.13. The summed E-state index contributed by atoms with van der Waals surface area (Å²) in [7, 11) is 1.66. The molecule has 0 bridgehead atoms. The predicted molar refractivity (Wildman–Crippen MR) is 77.4 cm³/mol. The van der Waals surface area contributed by atoms with Gasteiger partial charge in [0, 0.05) is 19.8 Å². The molecule has 0 N–H and O–H groups in total. The van der Waals surface area contributed by atoms with Gasteiger partial charge in [0.2, 0.25) is 0 Å². The lowest BCUT2D eigenvalue weighted by Crippen LogP contribution is -1.95. The highest BCUT2D eigenvalue weighted by Crippen LogP contribution is 2.42. The molecule has 0 saturated heterocycles. The average Bonchev–Trinajstić information content (AvgIpc) is 2.67. The minimum Gasteiger partial charge on any atom is -0.496 e. The molecule has 0 fully saturated rings. The molecular weight excluding hydrogens is 320 g/mol. The SMILES string of the molecule is COc1ccccc1C(Cl)c1sc(C)cc1Br. The fourth-order valence-corrected chi connectivity index (χ4v) is 4.13. The number of para-hydroxylation sites is 1. The Morgan fingerprint density at radius 1 is 1.35 bits per heavy atom. The van der Waals surface area contributed by atoms with Gasteiger partial charge >= 0.3 is 0 Å². The third kappa shape index (κ3) is 2.67. The summed E-state index contributed by atoms with van der Waals surface area (Å²) in [5.41, 5.74) is 0.999. The lowest BCUT2D eigenvalue weighted by Gasteiger charge is -2.13. The number of hydrogen-bond donors (Lipinski definition) is 0. The molecule has 17 heavy (non-hydrogen) atoms. The maximum atomic E-state index is 6.53.